The highest BCUT2D eigenvalue weighted by atomic mass is 16.5. The van der Waals surface area contributed by atoms with Gasteiger partial charge in [0.1, 0.15) is 5.75 Å². The van der Waals surface area contributed by atoms with Crippen molar-refractivity contribution in [3.63, 3.8) is 0 Å². The van der Waals surface area contributed by atoms with E-state index in [1.807, 2.05) is 0 Å². The van der Waals surface area contributed by atoms with E-state index in [0.717, 1.165) is 5.56 Å². The van der Waals surface area contributed by atoms with E-state index in [2.05, 4.69) is 11.0 Å². The highest BCUT2D eigenvalue weighted by Crippen LogP contribution is 2.36. The summed E-state index contributed by atoms with van der Waals surface area (Å²) in [5.41, 5.74) is 1.33. The van der Waals surface area contributed by atoms with E-state index in [0.29, 0.717) is 50.5 Å². The van der Waals surface area contributed by atoms with Crippen LogP contribution in [0.2, 0.25) is 0 Å². The number of carbonyl (C=O) groups is 1. The zero-order valence-electron chi connectivity index (χ0n) is 12.7. The Morgan fingerprint density at radius 1 is 1.30 bits per heavy atom. The summed E-state index contributed by atoms with van der Waals surface area (Å²) in [6.45, 7) is 2.33. The molecule has 0 aromatic heterocycles. The van der Waals surface area contributed by atoms with Crippen LogP contribution in [-0.2, 0) is 0 Å². The number of piperazine rings is 1. The normalized spacial score (nSPS) is 25.0. The van der Waals surface area contributed by atoms with Crippen LogP contribution in [0.1, 0.15) is 23.6 Å². The molecule has 1 fully saturated rings. The summed E-state index contributed by atoms with van der Waals surface area (Å²) in [5, 5.41) is 28.7. The molecule has 0 bridgehead atoms. The Balaban J connectivity index is 1.89. The van der Waals surface area contributed by atoms with Gasteiger partial charge in [0, 0.05) is 38.2 Å². The molecule has 1 aromatic carbocycles. The summed E-state index contributed by atoms with van der Waals surface area (Å²) in [7, 11) is 0. The molecule has 1 amide bonds. The number of hydrogen-bond acceptors (Lipinski definition) is 5. The lowest BCUT2D eigenvalue weighted by atomic mass is 9.95. The van der Waals surface area contributed by atoms with Gasteiger partial charge < -0.3 is 19.8 Å². The van der Waals surface area contributed by atoms with E-state index in [-0.39, 0.29) is 6.04 Å². The number of rotatable bonds is 1. The Bertz CT molecular complexity index is 635. The Morgan fingerprint density at radius 3 is 2.70 bits per heavy atom. The van der Waals surface area contributed by atoms with Gasteiger partial charge in [0.25, 0.3) is 0 Å². The molecule has 2 atom stereocenters. The number of ether oxygens (including phenoxy) is 1. The molecular formula is C16H19N3O4. The second kappa shape index (κ2) is 6.44. The number of benzene rings is 1. The molecule has 2 aliphatic heterocycles. The van der Waals surface area contributed by atoms with Crippen molar-refractivity contribution < 1.29 is 19.7 Å². The lowest BCUT2D eigenvalue weighted by Crippen LogP contribution is -2.51. The second-order valence-corrected chi connectivity index (χ2v) is 5.82. The number of nitriles is 1. The first-order chi connectivity index (χ1) is 11.1. The number of amides is 1. The van der Waals surface area contributed by atoms with Gasteiger partial charge in [-0.05, 0) is 18.2 Å². The van der Waals surface area contributed by atoms with Crippen molar-refractivity contribution in [1.82, 2.24) is 9.80 Å². The van der Waals surface area contributed by atoms with Crippen LogP contribution >= 0.6 is 0 Å². The molecule has 2 aliphatic rings. The predicted molar refractivity (Wildman–Crippen MR) is 81.2 cm³/mol. The van der Waals surface area contributed by atoms with Crippen LogP contribution in [0, 0.1) is 11.3 Å². The molecule has 3 rings (SSSR count). The highest BCUT2D eigenvalue weighted by molar-refractivity contribution is 5.65. The van der Waals surface area contributed by atoms with Gasteiger partial charge >= 0.3 is 6.09 Å². The molecule has 2 heterocycles. The maximum Gasteiger partial charge on any atom is 0.407 e. The van der Waals surface area contributed by atoms with Gasteiger partial charge in [-0.15, -0.1) is 0 Å². The third kappa shape index (κ3) is 3.09. The van der Waals surface area contributed by atoms with Crippen LogP contribution in [0.15, 0.2) is 18.2 Å². The summed E-state index contributed by atoms with van der Waals surface area (Å²) in [6.07, 6.45) is -1.02. The van der Waals surface area contributed by atoms with Gasteiger partial charge in [-0.2, -0.15) is 5.26 Å². The van der Waals surface area contributed by atoms with Gasteiger partial charge in [0.15, 0.2) is 0 Å². The zero-order chi connectivity index (χ0) is 16.4. The largest absolute Gasteiger partial charge is 0.493 e. The van der Waals surface area contributed by atoms with Gasteiger partial charge in [-0.1, -0.05) is 0 Å². The first-order valence-corrected chi connectivity index (χ1v) is 7.67. The van der Waals surface area contributed by atoms with Crippen molar-refractivity contribution in [3.8, 4) is 11.8 Å². The molecule has 23 heavy (non-hydrogen) atoms. The fourth-order valence-corrected chi connectivity index (χ4v) is 3.27. The molecule has 122 valence electrons. The van der Waals surface area contributed by atoms with Crippen LogP contribution in [-0.4, -0.2) is 65.0 Å². The monoisotopic (exact) mass is 317 g/mol. The maximum atomic E-state index is 11.0. The number of aliphatic hydroxyl groups excluding tert-OH is 1. The van der Waals surface area contributed by atoms with Crippen LogP contribution in [0.3, 0.4) is 0 Å². The van der Waals surface area contributed by atoms with E-state index < -0.39 is 12.2 Å². The van der Waals surface area contributed by atoms with Crippen molar-refractivity contribution in [2.75, 3.05) is 32.8 Å². The standard InChI is InChI=1S/C16H19N3O4/c17-10-11-1-2-14-12(9-11)15(13(20)3-8-23-14)18-4-6-19(7-5-18)16(21)22/h1-2,9,13,15,20H,3-8H2,(H,21,22)/t13-,15-/m0/s1. The van der Waals surface area contributed by atoms with Crippen LogP contribution in [0.4, 0.5) is 4.79 Å². The molecule has 7 nitrogen and oxygen atoms in total. The molecule has 0 aliphatic carbocycles. The van der Waals surface area contributed by atoms with Crippen LogP contribution in [0.25, 0.3) is 0 Å². The number of fused-ring (bicyclic) bond motifs is 1. The minimum absolute atomic E-state index is 0.281. The fourth-order valence-electron chi connectivity index (χ4n) is 3.27. The van der Waals surface area contributed by atoms with Gasteiger partial charge in [-0.25, -0.2) is 4.79 Å². The molecule has 2 N–H and O–H groups in total. The fraction of sp³-hybridized carbons (Fsp3) is 0.500. The van der Waals surface area contributed by atoms with Gasteiger partial charge in [0.2, 0.25) is 0 Å². The third-order valence-corrected chi connectivity index (χ3v) is 4.47. The van der Waals surface area contributed by atoms with E-state index in [1.54, 1.807) is 18.2 Å². The number of nitrogens with zero attached hydrogens (tertiary/aromatic N) is 3. The Kier molecular flexibility index (Phi) is 4.37. The molecule has 0 radical (unpaired) electrons. The van der Waals surface area contributed by atoms with Crippen LogP contribution in [0.5, 0.6) is 5.75 Å². The number of hydrogen-bond donors (Lipinski definition) is 2. The van der Waals surface area contributed by atoms with Crippen molar-refractivity contribution in [2.24, 2.45) is 0 Å². The Hall–Kier alpha value is -2.30. The molecule has 0 unspecified atom stereocenters. The highest BCUT2D eigenvalue weighted by Gasteiger charge is 2.35. The zero-order valence-corrected chi connectivity index (χ0v) is 12.7. The number of carboxylic acid groups (broad SMARTS) is 1. The Labute approximate surface area is 134 Å². The number of aliphatic hydroxyl groups is 1. The first-order valence-electron chi connectivity index (χ1n) is 7.67. The lowest BCUT2D eigenvalue weighted by molar-refractivity contribution is 0.0166. The average Bonchev–Trinajstić information content (AvgIpc) is 2.72. The van der Waals surface area contributed by atoms with Crippen molar-refractivity contribution >= 4 is 6.09 Å². The smallest absolute Gasteiger partial charge is 0.407 e. The SMILES string of the molecule is N#Cc1ccc2c(c1)[C@H](N1CCN(C(=O)O)CC1)[C@@H](O)CCO2. The van der Waals surface area contributed by atoms with Crippen molar-refractivity contribution in [3.05, 3.63) is 29.3 Å². The summed E-state index contributed by atoms with van der Waals surface area (Å²) < 4.78 is 5.70. The van der Waals surface area contributed by atoms with E-state index >= 15 is 0 Å². The first kappa shape index (κ1) is 15.6. The minimum Gasteiger partial charge on any atom is -0.493 e. The van der Waals surface area contributed by atoms with Crippen molar-refractivity contribution in [2.45, 2.75) is 18.6 Å². The molecule has 1 saturated heterocycles. The summed E-state index contributed by atoms with van der Waals surface area (Å²) in [6, 6.07) is 7.07. The topological polar surface area (TPSA) is 97.0 Å². The Morgan fingerprint density at radius 2 is 2.04 bits per heavy atom. The lowest BCUT2D eigenvalue weighted by Gasteiger charge is -2.39. The van der Waals surface area contributed by atoms with Gasteiger partial charge in [0.05, 0.1) is 30.4 Å². The quantitative estimate of drug-likeness (QED) is 0.803. The van der Waals surface area contributed by atoms with E-state index in [9.17, 15) is 9.90 Å². The summed E-state index contributed by atoms with van der Waals surface area (Å²) in [4.78, 5) is 14.5. The molecular weight excluding hydrogens is 298 g/mol. The summed E-state index contributed by atoms with van der Waals surface area (Å²) in [5.74, 6) is 0.686. The van der Waals surface area contributed by atoms with Gasteiger partial charge in [-0.3, -0.25) is 4.90 Å². The maximum absolute atomic E-state index is 11.0. The average molecular weight is 317 g/mol. The molecule has 0 saturated carbocycles. The van der Waals surface area contributed by atoms with E-state index in [4.69, 9.17) is 15.1 Å². The molecule has 7 heteroatoms. The second-order valence-electron chi connectivity index (χ2n) is 5.82. The molecule has 0 spiro atoms. The summed E-state index contributed by atoms with van der Waals surface area (Å²) >= 11 is 0. The van der Waals surface area contributed by atoms with Crippen molar-refractivity contribution in [1.29, 1.82) is 5.26 Å². The predicted octanol–water partition coefficient (Wildman–Crippen LogP) is 1.04. The molecule has 1 aromatic rings. The minimum atomic E-state index is -0.915. The third-order valence-electron chi connectivity index (χ3n) is 4.47. The van der Waals surface area contributed by atoms with E-state index in [1.165, 1.54) is 4.90 Å². The van der Waals surface area contributed by atoms with Crippen LogP contribution < -0.4 is 4.74 Å².